The fraction of sp³-hybridized carbons (Fsp3) is 0.250. The van der Waals surface area contributed by atoms with E-state index in [0.29, 0.717) is 29.7 Å². The second kappa shape index (κ2) is 5.84. The van der Waals surface area contributed by atoms with Gasteiger partial charge in [0, 0.05) is 18.7 Å². The first kappa shape index (κ1) is 15.6. The first-order valence-corrected chi connectivity index (χ1v) is 8.48. The number of nitrogens with zero attached hydrogens (tertiary/aromatic N) is 2. The van der Waals surface area contributed by atoms with Crippen LogP contribution >= 0.6 is 0 Å². The highest BCUT2D eigenvalue weighted by molar-refractivity contribution is 6.03. The highest BCUT2D eigenvalue weighted by atomic mass is 16.2. The number of hydrogen-bond acceptors (Lipinski definition) is 3. The van der Waals surface area contributed by atoms with Crippen LogP contribution < -0.4 is 10.9 Å². The van der Waals surface area contributed by atoms with Crippen molar-refractivity contribution in [1.82, 2.24) is 9.55 Å². The van der Waals surface area contributed by atoms with Crippen LogP contribution in [-0.4, -0.2) is 15.5 Å². The smallest absolute Gasteiger partial charge is 0.261 e. The van der Waals surface area contributed by atoms with Crippen LogP contribution in [-0.2, 0) is 17.8 Å². The van der Waals surface area contributed by atoms with Crippen LogP contribution in [0.4, 0.5) is 5.69 Å². The van der Waals surface area contributed by atoms with Gasteiger partial charge in [0.05, 0.1) is 16.8 Å². The second-order valence-electron chi connectivity index (χ2n) is 6.43. The third-order valence-electron chi connectivity index (χ3n) is 4.80. The number of anilines is 1. The molecule has 0 saturated carbocycles. The van der Waals surface area contributed by atoms with Crippen molar-refractivity contribution in [2.75, 3.05) is 5.32 Å². The summed E-state index contributed by atoms with van der Waals surface area (Å²) in [6, 6.07) is 13.3. The van der Waals surface area contributed by atoms with Crippen molar-refractivity contribution in [3.8, 4) is 0 Å². The summed E-state index contributed by atoms with van der Waals surface area (Å²) in [4.78, 5) is 29.9. The fourth-order valence-electron chi connectivity index (χ4n) is 3.53. The highest BCUT2D eigenvalue weighted by Gasteiger charge is 2.32. The number of benzene rings is 2. The van der Waals surface area contributed by atoms with Crippen LogP contribution in [0.1, 0.15) is 29.8 Å². The van der Waals surface area contributed by atoms with Gasteiger partial charge >= 0.3 is 0 Å². The Balaban J connectivity index is 1.83. The van der Waals surface area contributed by atoms with Gasteiger partial charge in [0.15, 0.2) is 0 Å². The van der Waals surface area contributed by atoms with Gasteiger partial charge < -0.3 is 5.32 Å². The van der Waals surface area contributed by atoms with Gasteiger partial charge in [0.2, 0.25) is 5.91 Å². The molecule has 3 aromatic rings. The molecule has 1 N–H and O–H groups in total. The molecule has 0 spiro atoms. The summed E-state index contributed by atoms with van der Waals surface area (Å²) in [7, 11) is 0. The molecule has 1 atom stereocenters. The van der Waals surface area contributed by atoms with Gasteiger partial charge in [0.1, 0.15) is 5.82 Å². The van der Waals surface area contributed by atoms with Crippen LogP contribution in [0.15, 0.2) is 47.3 Å². The fourth-order valence-corrected chi connectivity index (χ4v) is 3.53. The Bertz CT molecular complexity index is 1050. The lowest BCUT2D eigenvalue weighted by molar-refractivity contribution is -0.117. The number of aryl methyl sites for hydroxylation is 1. The van der Waals surface area contributed by atoms with E-state index in [1.54, 1.807) is 10.6 Å². The van der Waals surface area contributed by atoms with Gasteiger partial charge in [-0.1, -0.05) is 29.8 Å². The Morgan fingerprint density at radius 2 is 1.96 bits per heavy atom. The lowest BCUT2D eigenvalue weighted by atomic mass is 9.95. The van der Waals surface area contributed by atoms with E-state index in [1.807, 2.05) is 50.2 Å². The number of carbonyl (C=O) groups excluding carboxylic acids is 1. The summed E-state index contributed by atoms with van der Waals surface area (Å²) in [5, 5.41) is 3.54. The molecule has 5 nitrogen and oxygen atoms in total. The van der Waals surface area contributed by atoms with Crippen molar-refractivity contribution in [2.45, 2.75) is 32.7 Å². The SMILES string of the molecule is CCn1c(CC2C(=O)Nc3ccc(C)cc32)nc2ccccc2c1=O. The van der Waals surface area contributed by atoms with E-state index >= 15 is 0 Å². The average molecular weight is 333 g/mol. The van der Waals surface area contributed by atoms with Gasteiger partial charge in [-0.25, -0.2) is 4.98 Å². The maximum absolute atomic E-state index is 12.8. The zero-order valence-corrected chi connectivity index (χ0v) is 14.2. The van der Waals surface area contributed by atoms with Crippen molar-refractivity contribution in [1.29, 1.82) is 0 Å². The number of carbonyl (C=O) groups is 1. The predicted octanol–water partition coefficient (Wildman–Crippen LogP) is 3.00. The molecule has 5 heteroatoms. The summed E-state index contributed by atoms with van der Waals surface area (Å²) in [5.41, 5.74) is 3.57. The van der Waals surface area contributed by atoms with Gasteiger partial charge in [0.25, 0.3) is 5.56 Å². The predicted molar refractivity (Wildman–Crippen MR) is 97.9 cm³/mol. The van der Waals surface area contributed by atoms with Crippen LogP contribution in [0.2, 0.25) is 0 Å². The zero-order chi connectivity index (χ0) is 17.6. The van der Waals surface area contributed by atoms with Crippen LogP contribution in [0.3, 0.4) is 0 Å². The van der Waals surface area contributed by atoms with Crippen molar-refractivity contribution >= 4 is 22.5 Å². The molecular weight excluding hydrogens is 314 g/mol. The minimum atomic E-state index is -0.319. The lowest BCUT2D eigenvalue weighted by Gasteiger charge is -2.15. The molecule has 1 amide bonds. The number of nitrogens with one attached hydrogen (secondary N) is 1. The molecule has 1 aliphatic heterocycles. The molecule has 0 aliphatic carbocycles. The first-order chi connectivity index (χ1) is 12.1. The third-order valence-corrected chi connectivity index (χ3v) is 4.80. The Hall–Kier alpha value is -2.95. The van der Waals surface area contributed by atoms with Crippen molar-refractivity contribution < 1.29 is 4.79 Å². The lowest BCUT2D eigenvalue weighted by Crippen LogP contribution is -2.27. The normalized spacial score (nSPS) is 16.1. The monoisotopic (exact) mass is 333 g/mol. The molecule has 2 heterocycles. The first-order valence-electron chi connectivity index (χ1n) is 8.48. The topological polar surface area (TPSA) is 64.0 Å². The number of rotatable bonds is 3. The van der Waals surface area contributed by atoms with E-state index in [9.17, 15) is 9.59 Å². The summed E-state index contributed by atoms with van der Waals surface area (Å²) >= 11 is 0. The zero-order valence-electron chi connectivity index (χ0n) is 14.2. The molecular formula is C20H19N3O2. The van der Waals surface area contributed by atoms with E-state index in [1.165, 1.54) is 0 Å². The summed E-state index contributed by atoms with van der Waals surface area (Å²) < 4.78 is 1.67. The van der Waals surface area contributed by atoms with Gasteiger partial charge in [-0.3, -0.25) is 14.2 Å². The van der Waals surface area contributed by atoms with Crippen LogP contribution in [0.25, 0.3) is 10.9 Å². The second-order valence-corrected chi connectivity index (χ2v) is 6.43. The Kier molecular flexibility index (Phi) is 3.64. The minimum absolute atomic E-state index is 0.0364. The number of fused-ring (bicyclic) bond motifs is 2. The van der Waals surface area contributed by atoms with E-state index in [-0.39, 0.29) is 17.4 Å². The number of aromatic nitrogens is 2. The largest absolute Gasteiger partial charge is 0.325 e. The van der Waals surface area contributed by atoms with Crippen LogP contribution in [0.5, 0.6) is 0 Å². The van der Waals surface area contributed by atoms with E-state index < -0.39 is 0 Å². The summed E-state index contributed by atoms with van der Waals surface area (Å²) in [6.45, 7) is 4.46. The minimum Gasteiger partial charge on any atom is -0.325 e. The summed E-state index contributed by atoms with van der Waals surface area (Å²) in [6.07, 6.45) is 0.413. The molecule has 1 aliphatic rings. The maximum Gasteiger partial charge on any atom is 0.261 e. The Morgan fingerprint density at radius 3 is 2.76 bits per heavy atom. The molecule has 0 saturated heterocycles. The average Bonchev–Trinajstić information content (AvgIpc) is 2.90. The van der Waals surface area contributed by atoms with Crippen LogP contribution in [0, 0.1) is 6.92 Å². The molecule has 1 unspecified atom stereocenters. The van der Waals surface area contributed by atoms with Crippen molar-refractivity contribution in [3.63, 3.8) is 0 Å². The standard InChI is InChI=1S/C20H19N3O2/c1-3-23-18(21-16-7-5-4-6-13(16)20(23)25)11-15-14-10-12(2)8-9-17(14)22-19(15)24/h4-10,15H,3,11H2,1-2H3,(H,22,24). The quantitative estimate of drug-likeness (QED) is 0.801. The molecule has 2 aromatic carbocycles. The Labute approximate surface area is 145 Å². The van der Waals surface area contributed by atoms with E-state index in [2.05, 4.69) is 10.3 Å². The third kappa shape index (κ3) is 2.52. The number of para-hydroxylation sites is 1. The molecule has 0 bridgehead atoms. The molecule has 0 fully saturated rings. The maximum atomic E-state index is 12.8. The summed E-state index contributed by atoms with van der Waals surface area (Å²) in [5.74, 6) is 0.298. The van der Waals surface area contributed by atoms with Crippen molar-refractivity contribution in [3.05, 3.63) is 69.8 Å². The highest BCUT2D eigenvalue weighted by Crippen LogP contribution is 2.35. The van der Waals surface area contributed by atoms with E-state index in [4.69, 9.17) is 0 Å². The van der Waals surface area contributed by atoms with Gasteiger partial charge in [-0.05, 0) is 37.6 Å². The molecule has 4 rings (SSSR count). The number of amides is 1. The molecule has 1 aromatic heterocycles. The van der Waals surface area contributed by atoms with Crippen molar-refractivity contribution in [2.24, 2.45) is 0 Å². The number of hydrogen-bond donors (Lipinski definition) is 1. The Morgan fingerprint density at radius 1 is 1.16 bits per heavy atom. The molecule has 126 valence electrons. The molecule has 0 radical (unpaired) electrons. The van der Waals surface area contributed by atoms with Gasteiger partial charge in [-0.2, -0.15) is 0 Å². The van der Waals surface area contributed by atoms with Gasteiger partial charge in [-0.15, -0.1) is 0 Å². The van der Waals surface area contributed by atoms with E-state index in [0.717, 1.165) is 16.8 Å². The molecule has 25 heavy (non-hydrogen) atoms.